The molecule has 0 atom stereocenters. The molecule has 0 saturated heterocycles. The quantitative estimate of drug-likeness (QED) is 0.747. The number of halogens is 2. The third-order valence-electron chi connectivity index (χ3n) is 3.36. The Hall–Kier alpha value is -2.17. The number of benzene rings is 1. The SMILES string of the molecule is CC(=O)N1C(=O)C(=C(Cl)c2ccncc2)c2ccc(Cl)cc21. The number of nitrogens with zero attached hydrogens (tertiary/aromatic N) is 2. The summed E-state index contributed by atoms with van der Waals surface area (Å²) < 4.78 is 0. The minimum Gasteiger partial charge on any atom is -0.274 e. The fraction of sp³-hybridized carbons (Fsp3) is 0.0625. The molecule has 1 aromatic heterocycles. The van der Waals surface area contributed by atoms with Crippen LogP contribution in [-0.4, -0.2) is 16.8 Å². The number of imide groups is 1. The van der Waals surface area contributed by atoms with Gasteiger partial charge < -0.3 is 0 Å². The summed E-state index contributed by atoms with van der Waals surface area (Å²) in [6.45, 7) is 1.33. The average molecular weight is 333 g/mol. The first-order valence-corrected chi connectivity index (χ1v) is 7.21. The first-order valence-electron chi connectivity index (χ1n) is 6.46. The second-order valence-corrected chi connectivity index (χ2v) is 5.56. The number of pyridine rings is 1. The number of aromatic nitrogens is 1. The maximum Gasteiger partial charge on any atom is 0.267 e. The highest BCUT2D eigenvalue weighted by molar-refractivity contribution is 6.60. The van der Waals surface area contributed by atoms with Crippen LogP contribution >= 0.6 is 23.2 Å². The summed E-state index contributed by atoms with van der Waals surface area (Å²) in [6.07, 6.45) is 3.17. The van der Waals surface area contributed by atoms with Crippen LogP contribution in [0.4, 0.5) is 5.69 Å². The molecule has 0 unspecified atom stereocenters. The number of carbonyl (C=O) groups excluding carboxylic acids is 2. The van der Waals surface area contributed by atoms with Crippen LogP contribution in [0.3, 0.4) is 0 Å². The number of hydrogen-bond donors (Lipinski definition) is 0. The maximum absolute atomic E-state index is 12.6. The monoisotopic (exact) mass is 332 g/mol. The number of hydrogen-bond acceptors (Lipinski definition) is 3. The Kier molecular flexibility index (Phi) is 3.72. The van der Waals surface area contributed by atoms with Crippen LogP contribution in [0.15, 0.2) is 42.7 Å². The Morgan fingerprint density at radius 2 is 1.86 bits per heavy atom. The van der Waals surface area contributed by atoms with Gasteiger partial charge in [-0.05, 0) is 29.8 Å². The highest BCUT2D eigenvalue weighted by atomic mass is 35.5. The van der Waals surface area contributed by atoms with E-state index in [2.05, 4.69) is 4.98 Å². The smallest absolute Gasteiger partial charge is 0.267 e. The van der Waals surface area contributed by atoms with Crippen molar-refractivity contribution in [3.05, 3.63) is 58.9 Å². The van der Waals surface area contributed by atoms with Crippen LogP contribution in [0.2, 0.25) is 5.02 Å². The van der Waals surface area contributed by atoms with Gasteiger partial charge in [0.25, 0.3) is 5.91 Å². The molecule has 0 spiro atoms. The van der Waals surface area contributed by atoms with Crippen LogP contribution in [0.1, 0.15) is 18.1 Å². The maximum atomic E-state index is 12.6. The van der Waals surface area contributed by atoms with Gasteiger partial charge in [-0.1, -0.05) is 29.3 Å². The minimum absolute atomic E-state index is 0.278. The molecule has 6 heteroatoms. The highest BCUT2D eigenvalue weighted by Gasteiger charge is 2.37. The molecule has 2 heterocycles. The van der Waals surface area contributed by atoms with Crippen LogP contribution in [0.25, 0.3) is 10.6 Å². The zero-order chi connectivity index (χ0) is 15.9. The van der Waals surface area contributed by atoms with Crippen molar-refractivity contribution in [2.24, 2.45) is 0 Å². The minimum atomic E-state index is -0.452. The zero-order valence-electron chi connectivity index (χ0n) is 11.5. The summed E-state index contributed by atoms with van der Waals surface area (Å²) in [5.41, 5.74) is 1.99. The van der Waals surface area contributed by atoms with Gasteiger partial charge in [0.2, 0.25) is 5.91 Å². The van der Waals surface area contributed by atoms with E-state index in [0.29, 0.717) is 21.8 Å². The second kappa shape index (κ2) is 5.55. The molecule has 1 aromatic carbocycles. The molecule has 1 aliphatic heterocycles. The van der Waals surface area contributed by atoms with Gasteiger partial charge in [-0.3, -0.25) is 14.6 Å². The Balaban J connectivity index is 2.27. The summed E-state index contributed by atoms with van der Waals surface area (Å²) in [6, 6.07) is 8.34. The molecular weight excluding hydrogens is 323 g/mol. The third-order valence-corrected chi connectivity index (χ3v) is 4.00. The van der Waals surface area contributed by atoms with E-state index in [0.717, 1.165) is 4.90 Å². The van der Waals surface area contributed by atoms with Gasteiger partial charge in [0.05, 0.1) is 16.3 Å². The predicted molar refractivity (Wildman–Crippen MR) is 86.5 cm³/mol. The number of anilines is 1. The van der Waals surface area contributed by atoms with Gasteiger partial charge in [-0.15, -0.1) is 0 Å². The van der Waals surface area contributed by atoms with Gasteiger partial charge in [0.15, 0.2) is 0 Å². The summed E-state index contributed by atoms with van der Waals surface area (Å²) in [7, 11) is 0. The second-order valence-electron chi connectivity index (χ2n) is 4.75. The summed E-state index contributed by atoms with van der Waals surface area (Å²) in [5, 5.41) is 0.721. The van der Waals surface area contributed by atoms with Gasteiger partial charge in [0, 0.05) is 29.9 Å². The van der Waals surface area contributed by atoms with Crippen LogP contribution < -0.4 is 4.90 Å². The van der Waals surface area contributed by atoms with Crippen molar-refractivity contribution < 1.29 is 9.59 Å². The molecule has 2 aromatic rings. The number of rotatable bonds is 1. The summed E-state index contributed by atoms with van der Waals surface area (Å²) in [4.78, 5) is 29.5. The Morgan fingerprint density at radius 1 is 1.18 bits per heavy atom. The molecule has 0 fully saturated rings. The number of amides is 2. The molecule has 110 valence electrons. The predicted octanol–water partition coefficient (Wildman–Crippen LogP) is 3.74. The zero-order valence-corrected chi connectivity index (χ0v) is 13.0. The molecule has 4 nitrogen and oxygen atoms in total. The molecule has 22 heavy (non-hydrogen) atoms. The Labute approximate surface area is 137 Å². The van der Waals surface area contributed by atoms with Crippen molar-refractivity contribution >= 4 is 51.3 Å². The van der Waals surface area contributed by atoms with Crippen LogP contribution in [0.5, 0.6) is 0 Å². The lowest BCUT2D eigenvalue weighted by Crippen LogP contribution is -2.31. The molecule has 0 aliphatic carbocycles. The fourth-order valence-corrected chi connectivity index (χ4v) is 2.88. The first kappa shape index (κ1) is 14.8. The van der Waals surface area contributed by atoms with E-state index in [9.17, 15) is 9.59 Å². The van der Waals surface area contributed by atoms with E-state index in [4.69, 9.17) is 23.2 Å². The molecule has 0 radical (unpaired) electrons. The Bertz CT molecular complexity index is 816. The molecule has 3 rings (SSSR count). The summed E-state index contributed by atoms with van der Waals surface area (Å²) >= 11 is 12.4. The van der Waals surface area contributed by atoms with E-state index in [1.54, 1.807) is 42.7 Å². The standard InChI is InChI=1S/C16H10Cl2N2O2/c1-9(21)20-13-8-11(17)2-3-12(13)14(16(20)22)15(18)10-4-6-19-7-5-10/h2-8H,1H3. The van der Waals surface area contributed by atoms with Crippen molar-refractivity contribution in [3.8, 4) is 0 Å². The highest BCUT2D eigenvalue weighted by Crippen LogP contribution is 2.43. The van der Waals surface area contributed by atoms with E-state index >= 15 is 0 Å². The normalized spacial score (nSPS) is 15.8. The lowest BCUT2D eigenvalue weighted by atomic mass is 10.0. The van der Waals surface area contributed by atoms with Gasteiger partial charge in [0.1, 0.15) is 0 Å². The van der Waals surface area contributed by atoms with Crippen molar-refractivity contribution in [2.75, 3.05) is 4.90 Å². The Morgan fingerprint density at radius 3 is 2.50 bits per heavy atom. The van der Waals surface area contributed by atoms with Crippen molar-refractivity contribution in [1.29, 1.82) is 0 Å². The molecule has 0 saturated carbocycles. The lowest BCUT2D eigenvalue weighted by Gasteiger charge is -2.12. The van der Waals surface area contributed by atoms with Gasteiger partial charge in [-0.25, -0.2) is 4.90 Å². The van der Waals surface area contributed by atoms with E-state index in [1.165, 1.54) is 6.92 Å². The average Bonchev–Trinajstić information content (AvgIpc) is 2.78. The molecule has 2 amide bonds. The summed E-state index contributed by atoms with van der Waals surface area (Å²) in [5.74, 6) is -0.839. The van der Waals surface area contributed by atoms with E-state index in [1.807, 2.05) is 0 Å². The molecular formula is C16H10Cl2N2O2. The van der Waals surface area contributed by atoms with Gasteiger partial charge >= 0.3 is 0 Å². The van der Waals surface area contributed by atoms with Crippen molar-refractivity contribution in [3.63, 3.8) is 0 Å². The molecule has 0 bridgehead atoms. The third kappa shape index (κ3) is 2.30. The molecule has 1 aliphatic rings. The van der Waals surface area contributed by atoms with Crippen molar-refractivity contribution in [2.45, 2.75) is 6.92 Å². The fourth-order valence-electron chi connectivity index (χ4n) is 2.40. The van der Waals surface area contributed by atoms with Crippen LogP contribution in [-0.2, 0) is 9.59 Å². The van der Waals surface area contributed by atoms with Gasteiger partial charge in [-0.2, -0.15) is 0 Å². The van der Waals surface area contributed by atoms with Crippen LogP contribution in [0, 0.1) is 0 Å². The van der Waals surface area contributed by atoms with Crippen molar-refractivity contribution in [1.82, 2.24) is 4.98 Å². The topological polar surface area (TPSA) is 50.3 Å². The molecule has 0 N–H and O–H groups in total. The number of carbonyl (C=O) groups is 2. The largest absolute Gasteiger partial charge is 0.274 e. The number of fused-ring (bicyclic) bond motifs is 1. The van der Waals surface area contributed by atoms with E-state index in [-0.39, 0.29) is 16.5 Å². The lowest BCUT2D eigenvalue weighted by molar-refractivity contribution is -0.122. The first-order chi connectivity index (χ1) is 10.5. The van der Waals surface area contributed by atoms with E-state index < -0.39 is 5.91 Å².